The Bertz CT molecular complexity index is 678. The number of esters is 1. The predicted molar refractivity (Wildman–Crippen MR) is 81.6 cm³/mol. The van der Waals surface area contributed by atoms with Gasteiger partial charge in [0.15, 0.2) is 6.61 Å². The van der Waals surface area contributed by atoms with Crippen LogP contribution in [0, 0.1) is 0 Å². The average molecular weight is 324 g/mol. The second-order valence-corrected chi connectivity index (χ2v) is 4.94. The molecule has 0 aliphatic carbocycles. The number of hydrogen-bond donors (Lipinski definition) is 1. The number of benzene rings is 1. The highest BCUT2D eigenvalue weighted by Crippen LogP contribution is 2.23. The number of aromatic amines is 1. The SMILES string of the molecule is O=C(C=Cc1ccc(Cl)c(Cl)c1)OCC(=O)c1ccc[nH]1. The van der Waals surface area contributed by atoms with Gasteiger partial charge in [-0.05, 0) is 35.9 Å². The Morgan fingerprint density at radius 1 is 1.19 bits per heavy atom. The van der Waals surface area contributed by atoms with Gasteiger partial charge in [0.2, 0.25) is 5.78 Å². The van der Waals surface area contributed by atoms with Gasteiger partial charge in [0.25, 0.3) is 0 Å². The first-order valence-corrected chi connectivity index (χ1v) is 6.78. The zero-order valence-corrected chi connectivity index (χ0v) is 12.3. The molecule has 1 heterocycles. The van der Waals surface area contributed by atoms with E-state index in [1.165, 1.54) is 12.2 Å². The molecule has 0 amide bonds. The lowest BCUT2D eigenvalue weighted by Gasteiger charge is -2.00. The summed E-state index contributed by atoms with van der Waals surface area (Å²) in [4.78, 5) is 25.9. The minimum absolute atomic E-state index is 0.295. The number of ether oxygens (including phenoxy) is 1. The Labute approximate surface area is 131 Å². The molecule has 0 saturated carbocycles. The van der Waals surface area contributed by atoms with Crippen molar-refractivity contribution in [2.45, 2.75) is 0 Å². The van der Waals surface area contributed by atoms with Crippen LogP contribution in [0.3, 0.4) is 0 Å². The van der Waals surface area contributed by atoms with E-state index >= 15 is 0 Å². The van der Waals surface area contributed by atoms with Crippen molar-refractivity contribution >= 4 is 41.0 Å². The van der Waals surface area contributed by atoms with Gasteiger partial charge < -0.3 is 9.72 Å². The van der Waals surface area contributed by atoms with E-state index in [4.69, 9.17) is 27.9 Å². The van der Waals surface area contributed by atoms with Crippen molar-refractivity contribution in [2.75, 3.05) is 6.61 Å². The Hall–Kier alpha value is -2.04. The first-order valence-electron chi connectivity index (χ1n) is 6.03. The van der Waals surface area contributed by atoms with Gasteiger partial charge >= 0.3 is 5.97 Å². The number of Topliss-reactive ketones (excluding diaryl/α,β-unsaturated/α-hetero) is 1. The van der Waals surface area contributed by atoms with Crippen LogP contribution in [0.25, 0.3) is 6.08 Å². The monoisotopic (exact) mass is 323 g/mol. The lowest BCUT2D eigenvalue weighted by Crippen LogP contribution is -2.12. The molecule has 0 spiro atoms. The molecule has 0 saturated heterocycles. The van der Waals surface area contributed by atoms with Crippen LogP contribution in [0.1, 0.15) is 16.1 Å². The zero-order valence-electron chi connectivity index (χ0n) is 10.8. The summed E-state index contributed by atoms with van der Waals surface area (Å²) in [6.45, 7) is -0.314. The van der Waals surface area contributed by atoms with E-state index in [0.717, 1.165) is 0 Å². The number of halogens is 2. The maximum absolute atomic E-state index is 11.6. The van der Waals surface area contributed by atoms with E-state index in [-0.39, 0.29) is 12.4 Å². The van der Waals surface area contributed by atoms with Gasteiger partial charge in [-0.3, -0.25) is 4.79 Å². The molecular weight excluding hydrogens is 313 g/mol. The standard InChI is InChI=1S/C15H11Cl2NO3/c16-11-5-3-10(8-12(11)17)4-6-15(20)21-9-14(19)13-2-1-7-18-13/h1-8,18H,9H2. The van der Waals surface area contributed by atoms with Gasteiger partial charge in [0, 0.05) is 12.3 Å². The van der Waals surface area contributed by atoms with E-state index in [1.807, 2.05) is 0 Å². The van der Waals surface area contributed by atoms with Gasteiger partial charge in [-0.15, -0.1) is 0 Å². The molecule has 0 aliphatic heterocycles. The molecule has 1 N–H and O–H groups in total. The van der Waals surface area contributed by atoms with Crippen molar-refractivity contribution in [1.29, 1.82) is 0 Å². The van der Waals surface area contributed by atoms with Crippen molar-refractivity contribution in [2.24, 2.45) is 0 Å². The second-order valence-electron chi connectivity index (χ2n) is 4.12. The molecule has 1 aromatic heterocycles. The number of hydrogen-bond acceptors (Lipinski definition) is 3. The third-order valence-corrected chi connectivity index (χ3v) is 3.34. The molecule has 0 fully saturated rings. The maximum Gasteiger partial charge on any atom is 0.331 e. The molecule has 0 bridgehead atoms. The van der Waals surface area contributed by atoms with Gasteiger partial charge in [0.1, 0.15) is 0 Å². The summed E-state index contributed by atoms with van der Waals surface area (Å²) in [7, 11) is 0. The highest BCUT2D eigenvalue weighted by atomic mass is 35.5. The number of carbonyl (C=O) groups excluding carboxylic acids is 2. The molecule has 6 heteroatoms. The Morgan fingerprint density at radius 2 is 2.00 bits per heavy atom. The minimum Gasteiger partial charge on any atom is -0.454 e. The summed E-state index contributed by atoms with van der Waals surface area (Å²) in [6, 6.07) is 8.27. The van der Waals surface area contributed by atoms with Gasteiger partial charge in [-0.25, -0.2) is 4.79 Å². The number of rotatable bonds is 5. The fourth-order valence-electron chi connectivity index (χ4n) is 1.55. The van der Waals surface area contributed by atoms with Gasteiger partial charge in [0.05, 0.1) is 15.7 Å². The largest absolute Gasteiger partial charge is 0.454 e. The maximum atomic E-state index is 11.6. The van der Waals surface area contributed by atoms with Gasteiger partial charge in [-0.1, -0.05) is 29.3 Å². The molecule has 4 nitrogen and oxygen atoms in total. The van der Waals surface area contributed by atoms with E-state index in [1.54, 1.807) is 36.5 Å². The number of aromatic nitrogens is 1. The van der Waals surface area contributed by atoms with Crippen LogP contribution in [0.15, 0.2) is 42.6 Å². The summed E-state index contributed by atoms with van der Waals surface area (Å²) in [6.07, 6.45) is 4.38. The first kappa shape index (κ1) is 15.4. The topological polar surface area (TPSA) is 59.2 Å². The van der Waals surface area contributed by atoms with Gasteiger partial charge in [-0.2, -0.15) is 0 Å². The Morgan fingerprint density at radius 3 is 2.67 bits per heavy atom. The Balaban J connectivity index is 1.88. The first-order chi connectivity index (χ1) is 10.1. The highest BCUT2D eigenvalue weighted by Gasteiger charge is 2.08. The van der Waals surface area contributed by atoms with Crippen LogP contribution in [0.5, 0.6) is 0 Å². The van der Waals surface area contributed by atoms with Crippen LogP contribution in [-0.4, -0.2) is 23.3 Å². The summed E-state index contributed by atoms with van der Waals surface area (Å²) < 4.78 is 4.85. The van der Waals surface area contributed by atoms with Crippen LogP contribution in [-0.2, 0) is 9.53 Å². The van der Waals surface area contributed by atoms with Crippen LogP contribution in [0.4, 0.5) is 0 Å². The quantitative estimate of drug-likeness (QED) is 0.517. The van der Waals surface area contributed by atoms with Crippen LogP contribution in [0.2, 0.25) is 10.0 Å². The second kappa shape index (κ2) is 7.11. The van der Waals surface area contributed by atoms with Crippen molar-refractivity contribution in [3.8, 4) is 0 Å². The Kier molecular flexibility index (Phi) is 5.20. The summed E-state index contributed by atoms with van der Waals surface area (Å²) >= 11 is 11.6. The highest BCUT2D eigenvalue weighted by molar-refractivity contribution is 6.42. The van der Waals surface area contributed by atoms with Crippen molar-refractivity contribution in [1.82, 2.24) is 4.98 Å². The number of H-pyrrole nitrogens is 1. The van der Waals surface area contributed by atoms with Crippen molar-refractivity contribution < 1.29 is 14.3 Å². The van der Waals surface area contributed by atoms with E-state index < -0.39 is 5.97 Å². The smallest absolute Gasteiger partial charge is 0.331 e. The van der Waals surface area contributed by atoms with E-state index in [2.05, 4.69) is 4.98 Å². The van der Waals surface area contributed by atoms with E-state index in [0.29, 0.717) is 21.3 Å². The van der Waals surface area contributed by atoms with E-state index in [9.17, 15) is 9.59 Å². The third-order valence-electron chi connectivity index (χ3n) is 2.60. The number of nitrogens with one attached hydrogen (secondary N) is 1. The normalized spacial score (nSPS) is 10.8. The predicted octanol–water partition coefficient (Wildman–Crippen LogP) is 3.76. The molecule has 2 rings (SSSR count). The van der Waals surface area contributed by atoms with Crippen LogP contribution >= 0.6 is 23.2 Å². The molecule has 0 unspecified atom stereocenters. The van der Waals surface area contributed by atoms with Crippen LogP contribution < -0.4 is 0 Å². The average Bonchev–Trinajstić information content (AvgIpc) is 3.00. The van der Waals surface area contributed by atoms with Crippen molar-refractivity contribution in [3.05, 3.63) is 63.9 Å². The van der Waals surface area contributed by atoms with Crippen molar-refractivity contribution in [3.63, 3.8) is 0 Å². The lowest BCUT2D eigenvalue weighted by atomic mass is 10.2. The molecule has 1 aromatic carbocycles. The number of carbonyl (C=O) groups is 2. The third kappa shape index (κ3) is 4.48. The molecule has 2 aromatic rings. The molecular formula is C15H11Cl2NO3. The summed E-state index contributed by atoms with van der Waals surface area (Å²) in [5, 5.41) is 0.835. The fraction of sp³-hybridized carbons (Fsp3) is 0.0667. The zero-order chi connectivity index (χ0) is 15.2. The summed E-state index contributed by atoms with van der Waals surface area (Å²) in [5.74, 6) is -0.905. The molecule has 21 heavy (non-hydrogen) atoms. The molecule has 0 aliphatic rings. The number of ketones is 1. The molecule has 108 valence electrons. The fourth-order valence-corrected chi connectivity index (χ4v) is 1.85. The summed E-state index contributed by atoms with van der Waals surface area (Å²) in [5.41, 5.74) is 1.10. The minimum atomic E-state index is -0.610. The lowest BCUT2D eigenvalue weighted by molar-refractivity contribution is -0.136. The molecule has 0 radical (unpaired) electrons. The molecule has 0 atom stereocenters.